The van der Waals surface area contributed by atoms with E-state index in [0.29, 0.717) is 12.4 Å². The summed E-state index contributed by atoms with van der Waals surface area (Å²) >= 11 is 0. The number of rotatable bonds is 1. The van der Waals surface area contributed by atoms with Crippen molar-refractivity contribution in [3.8, 4) is 0 Å². The molecule has 0 bridgehead atoms. The quantitative estimate of drug-likeness (QED) is 0.690. The summed E-state index contributed by atoms with van der Waals surface area (Å²) in [6.45, 7) is 2.28. The van der Waals surface area contributed by atoms with Crippen molar-refractivity contribution in [3.05, 3.63) is 35.6 Å². The molecule has 2 aliphatic rings. The van der Waals surface area contributed by atoms with Crippen molar-refractivity contribution in [3.63, 3.8) is 0 Å². The molecule has 0 saturated heterocycles. The Bertz CT molecular complexity index is 395. The van der Waals surface area contributed by atoms with Crippen molar-refractivity contribution in [2.24, 2.45) is 0 Å². The van der Waals surface area contributed by atoms with Gasteiger partial charge in [-0.1, -0.05) is 0 Å². The monoisotopic (exact) mass is 232 g/mol. The van der Waals surface area contributed by atoms with E-state index in [1.807, 2.05) is 22.9 Å². The van der Waals surface area contributed by atoms with Gasteiger partial charge in [0.2, 0.25) is 0 Å². The lowest BCUT2D eigenvalue weighted by atomic mass is 10.3. The average molecular weight is 232 g/mol. The maximum Gasteiger partial charge on any atom is 0.573 e. The molecule has 2 heterocycles. The number of hydrogen-bond donors (Lipinski definition) is 0. The third-order valence-electron chi connectivity index (χ3n) is 2.50. The Labute approximate surface area is 91.1 Å². The second-order valence-corrected chi connectivity index (χ2v) is 3.64. The fraction of sp³-hybridized carbons (Fsp3) is 0.400. The van der Waals surface area contributed by atoms with Crippen molar-refractivity contribution < 1.29 is 17.9 Å². The molecule has 0 amide bonds. The van der Waals surface area contributed by atoms with Crippen molar-refractivity contribution in [2.45, 2.75) is 13.3 Å². The van der Waals surface area contributed by atoms with Crippen LogP contribution in [0.25, 0.3) is 0 Å². The van der Waals surface area contributed by atoms with E-state index in [2.05, 4.69) is 4.74 Å². The molecule has 16 heavy (non-hydrogen) atoms. The van der Waals surface area contributed by atoms with Crippen LogP contribution in [0.1, 0.15) is 6.92 Å². The second-order valence-electron chi connectivity index (χ2n) is 3.64. The maximum absolute atomic E-state index is 12.0. The van der Waals surface area contributed by atoms with Crippen LogP contribution in [0, 0.1) is 0 Å². The Kier molecular flexibility index (Phi) is 2.36. The van der Waals surface area contributed by atoms with Crippen LogP contribution in [0.2, 0.25) is 0 Å². The number of fused-ring (bicyclic) bond motifs is 1. The SMILES string of the molecule is CC1=CN2CC=C(OC(F)(F)F)C=C2N1C. The molecular weight excluding hydrogens is 221 g/mol. The summed E-state index contributed by atoms with van der Waals surface area (Å²) in [6.07, 6.45) is 0.0291. The van der Waals surface area contributed by atoms with Gasteiger partial charge in [0, 0.05) is 31.6 Å². The Morgan fingerprint density at radius 1 is 1.38 bits per heavy atom. The molecule has 88 valence electrons. The van der Waals surface area contributed by atoms with Crippen LogP contribution in [0.4, 0.5) is 13.2 Å². The number of hydrogen-bond acceptors (Lipinski definition) is 3. The number of allylic oxidation sites excluding steroid dienone is 2. The highest BCUT2D eigenvalue weighted by Crippen LogP contribution is 2.30. The van der Waals surface area contributed by atoms with Crippen LogP contribution in [-0.2, 0) is 4.74 Å². The van der Waals surface area contributed by atoms with Gasteiger partial charge in [0.25, 0.3) is 0 Å². The average Bonchev–Trinajstić information content (AvgIpc) is 2.42. The van der Waals surface area contributed by atoms with E-state index in [-0.39, 0.29) is 5.76 Å². The predicted octanol–water partition coefficient (Wildman–Crippen LogP) is 2.37. The summed E-state index contributed by atoms with van der Waals surface area (Å²) in [5, 5.41) is 0. The fourth-order valence-electron chi connectivity index (χ4n) is 1.66. The van der Waals surface area contributed by atoms with Crippen LogP contribution in [0.3, 0.4) is 0 Å². The molecule has 0 unspecified atom stereocenters. The Hall–Kier alpha value is -1.59. The number of halogens is 3. The van der Waals surface area contributed by atoms with Crippen molar-refractivity contribution in [1.29, 1.82) is 0 Å². The van der Waals surface area contributed by atoms with Gasteiger partial charge in [-0.05, 0) is 13.0 Å². The molecular formula is C10H11F3N2O. The second kappa shape index (κ2) is 3.47. The fourth-order valence-corrected chi connectivity index (χ4v) is 1.66. The number of ether oxygens (including phenoxy) is 1. The van der Waals surface area contributed by atoms with Crippen LogP contribution in [-0.4, -0.2) is 29.8 Å². The third-order valence-corrected chi connectivity index (χ3v) is 2.50. The molecule has 2 aliphatic heterocycles. The van der Waals surface area contributed by atoms with E-state index in [9.17, 15) is 13.2 Å². The summed E-state index contributed by atoms with van der Waals surface area (Å²) in [7, 11) is 1.80. The Morgan fingerprint density at radius 2 is 2.06 bits per heavy atom. The summed E-state index contributed by atoms with van der Waals surface area (Å²) < 4.78 is 40.0. The van der Waals surface area contributed by atoms with Gasteiger partial charge in [0.1, 0.15) is 11.6 Å². The van der Waals surface area contributed by atoms with Gasteiger partial charge in [-0.3, -0.25) is 0 Å². The lowest BCUT2D eigenvalue weighted by molar-refractivity contribution is -0.303. The van der Waals surface area contributed by atoms with E-state index in [0.717, 1.165) is 5.70 Å². The summed E-state index contributed by atoms with van der Waals surface area (Å²) in [5.74, 6) is 0.535. The summed E-state index contributed by atoms with van der Waals surface area (Å²) in [4.78, 5) is 3.67. The zero-order valence-electron chi connectivity index (χ0n) is 8.88. The predicted molar refractivity (Wildman–Crippen MR) is 51.5 cm³/mol. The Morgan fingerprint density at radius 3 is 2.69 bits per heavy atom. The minimum Gasteiger partial charge on any atom is -0.406 e. The third kappa shape index (κ3) is 2.00. The van der Waals surface area contributed by atoms with E-state index >= 15 is 0 Å². The lowest BCUT2D eigenvalue weighted by Crippen LogP contribution is -2.25. The minimum atomic E-state index is -4.63. The van der Waals surface area contributed by atoms with E-state index < -0.39 is 6.36 Å². The molecule has 0 atom stereocenters. The normalized spacial score (nSPS) is 20.2. The topological polar surface area (TPSA) is 15.7 Å². The van der Waals surface area contributed by atoms with Crippen LogP contribution in [0.15, 0.2) is 35.6 Å². The van der Waals surface area contributed by atoms with Gasteiger partial charge in [-0.25, -0.2) is 0 Å². The van der Waals surface area contributed by atoms with E-state index in [1.54, 1.807) is 7.05 Å². The van der Waals surface area contributed by atoms with E-state index in [4.69, 9.17) is 0 Å². The first kappa shape index (κ1) is 10.9. The van der Waals surface area contributed by atoms with Gasteiger partial charge < -0.3 is 14.5 Å². The molecule has 0 fully saturated rings. The van der Waals surface area contributed by atoms with Gasteiger partial charge in [0.15, 0.2) is 0 Å². The molecule has 6 heteroatoms. The highest BCUT2D eigenvalue weighted by atomic mass is 19.4. The molecule has 3 nitrogen and oxygen atoms in total. The first-order valence-electron chi connectivity index (χ1n) is 4.73. The number of alkyl halides is 3. The minimum absolute atomic E-state index is 0.159. The lowest BCUT2D eigenvalue weighted by Gasteiger charge is -2.26. The molecule has 0 saturated carbocycles. The van der Waals surface area contributed by atoms with Crippen LogP contribution >= 0.6 is 0 Å². The van der Waals surface area contributed by atoms with Crippen molar-refractivity contribution in [1.82, 2.24) is 9.80 Å². The van der Waals surface area contributed by atoms with E-state index in [1.165, 1.54) is 12.2 Å². The molecule has 0 radical (unpaired) electrons. The summed E-state index contributed by atoms with van der Waals surface area (Å²) in [6, 6.07) is 0. The molecule has 2 rings (SSSR count). The van der Waals surface area contributed by atoms with Crippen LogP contribution < -0.4 is 0 Å². The number of nitrogens with zero attached hydrogens (tertiary/aromatic N) is 2. The van der Waals surface area contributed by atoms with Crippen LogP contribution in [0.5, 0.6) is 0 Å². The summed E-state index contributed by atoms with van der Waals surface area (Å²) in [5.41, 5.74) is 0.980. The molecule has 0 aliphatic carbocycles. The van der Waals surface area contributed by atoms with Gasteiger partial charge in [0.05, 0.1) is 0 Å². The molecule has 0 N–H and O–H groups in total. The molecule has 0 spiro atoms. The van der Waals surface area contributed by atoms with Gasteiger partial charge in [-0.2, -0.15) is 0 Å². The standard InChI is InChI=1S/C10H11F3N2O/c1-7-6-15-4-3-8(16-10(11,12)13)5-9(15)14(7)2/h3,5-6H,4H2,1-2H3. The smallest absolute Gasteiger partial charge is 0.406 e. The maximum atomic E-state index is 12.0. The zero-order chi connectivity index (χ0) is 11.9. The molecule has 0 aromatic rings. The molecule has 0 aromatic carbocycles. The van der Waals surface area contributed by atoms with Gasteiger partial charge in [-0.15, -0.1) is 13.2 Å². The highest BCUT2D eigenvalue weighted by Gasteiger charge is 2.33. The zero-order valence-corrected chi connectivity index (χ0v) is 8.88. The largest absolute Gasteiger partial charge is 0.573 e. The first-order chi connectivity index (χ1) is 7.37. The molecule has 0 aromatic heterocycles. The Balaban J connectivity index is 2.16. The first-order valence-corrected chi connectivity index (χ1v) is 4.73. The van der Waals surface area contributed by atoms with Gasteiger partial charge >= 0.3 is 6.36 Å². The van der Waals surface area contributed by atoms with Crippen molar-refractivity contribution >= 4 is 0 Å². The highest BCUT2D eigenvalue weighted by molar-refractivity contribution is 5.30. The van der Waals surface area contributed by atoms with Crippen molar-refractivity contribution in [2.75, 3.05) is 13.6 Å².